The SMILES string of the molecule is CC(NCCSCC1CC1)c1nccn1C. The van der Waals surface area contributed by atoms with Crippen molar-refractivity contribution in [3.8, 4) is 0 Å². The summed E-state index contributed by atoms with van der Waals surface area (Å²) in [7, 11) is 2.04. The van der Waals surface area contributed by atoms with Crippen LogP contribution in [0.25, 0.3) is 0 Å². The Bertz CT molecular complexity index is 320. The van der Waals surface area contributed by atoms with E-state index in [-0.39, 0.29) is 0 Å². The van der Waals surface area contributed by atoms with Crippen molar-refractivity contribution in [1.82, 2.24) is 14.9 Å². The Labute approximate surface area is 102 Å². The molecule has 1 fully saturated rings. The quantitative estimate of drug-likeness (QED) is 0.740. The number of thioether (sulfide) groups is 1. The van der Waals surface area contributed by atoms with E-state index >= 15 is 0 Å². The molecule has 1 N–H and O–H groups in total. The third-order valence-electron chi connectivity index (χ3n) is 2.99. The van der Waals surface area contributed by atoms with Gasteiger partial charge in [0.25, 0.3) is 0 Å². The molecular weight excluding hydrogens is 218 g/mol. The van der Waals surface area contributed by atoms with E-state index in [0.717, 1.165) is 18.3 Å². The van der Waals surface area contributed by atoms with Crippen LogP contribution in [0.5, 0.6) is 0 Å². The Morgan fingerprint density at radius 2 is 2.44 bits per heavy atom. The molecule has 3 nitrogen and oxygen atoms in total. The molecule has 0 radical (unpaired) electrons. The first-order chi connectivity index (χ1) is 7.77. The van der Waals surface area contributed by atoms with E-state index in [9.17, 15) is 0 Å². The van der Waals surface area contributed by atoms with Crippen LogP contribution < -0.4 is 5.32 Å². The number of imidazole rings is 1. The molecular formula is C12H21N3S. The van der Waals surface area contributed by atoms with E-state index in [1.807, 2.05) is 19.4 Å². The fraction of sp³-hybridized carbons (Fsp3) is 0.750. The highest BCUT2D eigenvalue weighted by molar-refractivity contribution is 7.99. The molecule has 1 heterocycles. The minimum Gasteiger partial charge on any atom is -0.337 e. The van der Waals surface area contributed by atoms with Crippen LogP contribution in [-0.4, -0.2) is 27.6 Å². The molecule has 4 heteroatoms. The summed E-state index contributed by atoms with van der Waals surface area (Å²) in [5, 5.41) is 3.52. The standard InChI is InChI=1S/C12H21N3S/c1-10(12-14-5-7-15(12)2)13-6-8-16-9-11-3-4-11/h5,7,10-11,13H,3-4,6,8-9H2,1-2H3. The van der Waals surface area contributed by atoms with Gasteiger partial charge in [-0.1, -0.05) is 0 Å². The Kier molecular flexibility index (Phi) is 4.29. The Hall–Kier alpha value is -0.480. The summed E-state index contributed by atoms with van der Waals surface area (Å²) in [5.74, 6) is 4.73. The average molecular weight is 239 g/mol. The lowest BCUT2D eigenvalue weighted by atomic mass is 10.3. The molecule has 16 heavy (non-hydrogen) atoms. The zero-order chi connectivity index (χ0) is 11.4. The van der Waals surface area contributed by atoms with Crippen molar-refractivity contribution < 1.29 is 0 Å². The van der Waals surface area contributed by atoms with Gasteiger partial charge >= 0.3 is 0 Å². The summed E-state index contributed by atoms with van der Waals surface area (Å²) in [6.45, 7) is 3.25. The number of hydrogen-bond donors (Lipinski definition) is 1. The molecule has 1 aromatic heterocycles. The highest BCUT2D eigenvalue weighted by Crippen LogP contribution is 2.32. The number of aromatic nitrogens is 2. The molecule has 0 spiro atoms. The maximum Gasteiger partial charge on any atom is 0.125 e. The van der Waals surface area contributed by atoms with Crippen molar-refractivity contribution in [2.24, 2.45) is 13.0 Å². The highest BCUT2D eigenvalue weighted by atomic mass is 32.2. The van der Waals surface area contributed by atoms with Crippen molar-refractivity contribution in [1.29, 1.82) is 0 Å². The molecule has 0 aliphatic heterocycles. The van der Waals surface area contributed by atoms with Gasteiger partial charge in [0.2, 0.25) is 0 Å². The van der Waals surface area contributed by atoms with Crippen LogP contribution in [0.3, 0.4) is 0 Å². The van der Waals surface area contributed by atoms with Crippen molar-refractivity contribution in [3.05, 3.63) is 18.2 Å². The van der Waals surface area contributed by atoms with Gasteiger partial charge in [0.15, 0.2) is 0 Å². The molecule has 1 atom stereocenters. The van der Waals surface area contributed by atoms with Gasteiger partial charge in [-0.15, -0.1) is 0 Å². The number of aryl methyl sites for hydroxylation is 1. The zero-order valence-corrected chi connectivity index (χ0v) is 11.0. The first-order valence-corrected chi connectivity index (χ1v) is 7.21. The lowest BCUT2D eigenvalue weighted by Gasteiger charge is -2.13. The Balaban J connectivity index is 1.59. The minimum atomic E-state index is 0.349. The summed E-state index contributed by atoms with van der Waals surface area (Å²) in [4.78, 5) is 4.35. The molecule has 0 saturated heterocycles. The van der Waals surface area contributed by atoms with Crippen LogP contribution in [0.4, 0.5) is 0 Å². The summed E-state index contributed by atoms with van der Waals surface area (Å²) in [6, 6.07) is 0.349. The monoisotopic (exact) mass is 239 g/mol. The van der Waals surface area contributed by atoms with Crippen molar-refractivity contribution >= 4 is 11.8 Å². The van der Waals surface area contributed by atoms with Gasteiger partial charge in [-0.05, 0) is 31.4 Å². The third-order valence-corrected chi connectivity index (χ3v) is 4.19. The summed E-state index contributed by atoms with van der Waals surface area (Å²) in [5.41, 5.74) is 0. The summed E-state index contributed by atoms with van der Waals surface area (Å²) in [6.07, 6.45) is 6.78. The summed E-state index contributed by atoms with van der Waals surface area (Å²) < 4.78 is 2.08. The van der Waals surface area contributed by atoms with E-state index in [0.29, 0.717) is 6.04 Å². The Morgan fingerprint density at radius 3 is 3.06 bits per heavy atom. The molecule has 90 valence electrons. The van der Waals surface area contributed by atoms with Gasteiger partial charge in [0.1, 0.15) is 5.82 Å². The lowest BCUT2D eigenvalue weighted by molar-refractivity contribution is 0.550. The predicted octanol–water partition coefficient (Wildman–Crippen LogP) is 2.21. The molecule has 0 amide bonds. The van der Waals surface area contributed by atoms with Gasteiger partial charge in [-0.3, -0.25) is 0 Å². The van der Waals surface area contributed by atoms with Gasteiger partial charge in [0.05, 0.1) is 6.04 Å². The van der Waals surface area contributed by atoms with Crippen LogP contribution >= 0.6 is 11.8 Å². The predicted molar refractivity (Wildman–Crippen MR) is 69.7 cm³/mol. The van der Waals surface area contributed by atoms with Crippen molar-refractivity contribution in [2.75, 3.05) is 18.1 Å². The number of nitrogens with one attached hydrogen (secondary N) is 1. The van der Waals surface area contributed by atoms with Crippen molar-refractivity contribution in [2.45, 2.75) is 25.8 Å². The van der Waals surface area contributed by atoms with Crippen LogP contribution in [0, 0.1) is 5.92 Å². The molecule has 1 aromatic rings. The highest BCUT2D eigenvalue weighted by Gasteiger charge is 2.20. The maximum absolute atomic E-state index is 4.35. The van der Waals surface area contributed by atoms with Crippen LogP contribution in [0.15, 0.2) is 12.4 Å². The fourth-order valence-corrected chi connectivity index (χ4v) is 2.86. The minimum absolute atomic E-state index is 0.349. The average Bonchev–Trinajstić information content (AvgIpc) is 2.99. The van der Waals surface area contributed by atoms with E-state index in [4.69, 9.17) is 0 Å². The van der Waals surface area contributed by atoms with E-state index < -0.39 is 0 Å². The van der Waals surface area contributed by atoms with Crippen LogP contribution in [0.1, 0.15) is 31.6 Å². The van der Waals surface area contributed by atoms with Gasteiger partial charge in [-0.2, -0.15) is 11.8 Å². The van der Waals surface area contributed by atoms with Crippen LogP contribution in [-0.2, 0) is 7.05 Å². The van der Waals surface area contributed by atoms with E-state index in [1.165, 1.54) is 24.3 Å². The second kappa shape index (κ2) is 5.73. The summed E-state index contributed by atoms with van der Waals surface area (Å²) >= 11 is 2.08. The van der Waals surface area contributed by atoms with Gasteiger partial charge in [0, 0.05) is 31.7 Å². The smallest absolute Gasteiger partial charge is 0.125 e. The second-order valence-electron chi connectivity index (χ2n) is 4.59. The molecule has 1 aliphatic carbocycles. The Morgan fingerprint density at radius 1 is 1.62 bits per heavy atom. The number of rotatable bonds is 7. The largest absolute Gasteiger partial charge is 0.337 e. The second-order valence-corrected chi connectivity index (χ2v) is 5.74. The van der Waals surface area contributed by atoms with E-state index in [1.54, 1.807) is 0 Å². The molecule has 0 bridgehead atoms. The first kappa shape index (κ1) is 12.0. The molecule has 1 unspecified atom stereocenters. The lowest BCUT2D eigenvalue weighted by Crippen LogP contribution is -2.23. The third kappa shape index (κ3) is 3.52. The van der Waals surface area contributed by atoms with Crippen molar-refractivity contribution in [3.63, 3.8) is 0 Å². The maximum atomic E-state index is 4.35. The topological polar surface area (TPSA) is 29.9 Å². The van der Waals surface area contributed by atoms with Gasteiger partial charge in [-0.25, -0.2) is 4.98 Å². The molecule has 2 rings (SSSR count). The number of hydrogen-bond acceptors (Lipinski definition) is 3. The fourth-order valence-electron chi connectivity index (χ4n) is 1.77. The molecule has 1 aliphatic rings. The zero-order valence-electron chi connectivity index (χ0n) is 10.1. The molecule has 1 saturated carbocycles. The first-order valence-electron chi connectivity index (χ1n) is 6.05. The number of nitrogens with zero attached hydrogens (tertiary/aromatic N) is 2. The van der Waals surface area contributed by atoms with Crippen LogP contribution in [0.2, 0.25) is 0 Å². The van der Waals surface area contributed by atoms with Gasteiger partial charge < -0.3 is 9.88 Å². The van der Waals surface area contributed by atoms with E-state index in [2.05, 4.69) is 33.6 Å². The normalized spacial score (nSPS) is 17.6. The molecule has 0 aromatic carbocycles.